The number of esters is 1. The molecule has 0 spiro atoms. The molecule has 2 aliphatic heterocycles. The van der Waals surface area contributed by atoms with Gasteiger partial charge in [-0.25, -0.2) is 0 Å². The number of benzene rings is 1. The molecule has 6 heteroatoms. The van der Waals surface area contributed by atoms with Gasteiger partial charge >= 0.3 is 5.97 Å². The number of fused-ring (bicyclic) bond motifs is 1. The van der Waals surface area contributed by atoms with Gasteiger partial charge in [0, 0.05) is 13.0 Å². The van der Waals surface area contributed by atoms with E-state index in [9.17, 15) is 14.4 Å². The largest absolute Gasteiger partial charge is 0.469 e. The molecule has 1 aliphatic carbocycles. The number of piperazine rings is 1. The van der Waals surface area contributed by atoms with Crippen molar-refractivity contribution in [2.75, 3.05) is 20.2 Å². The quantitative estimate of drug-likeness (QED) is 0.732. The maximum Gasteiger partial charge on any atom is 0.311 e. The van der Waals surface area contributed by atoms with Crippen molar-refractivity contribution in [2.24, 2.45) is 11.3 Å². The maximum absolute atomic E-state index is 13.0. The number of methoxy groups -OCH3 is 1. The fraction of sp³-hybridized carbons (Fsp3) is 0.591. The van der Waals surface area contributed by atoms with E-state index in [4.69, 9.17) is 4.74 Å². The lowest BCUT2D eigenvalue weighted by molar-refractivity contribution is -0.151. The van der Waals surface area contributed by atoms with Crippen LogP contribution < -0.4 is 0 Å². The number of carbonyl (C=O) groups excluding carboxylic acids is 3. The lowest BCUT2D eigenvalue weighted by Crippen LogP contribution is -2.55. The normalized spacial score (nSPS) is 28.1. The predicted octanol–water partition coefficient (Wildman–Crippen LogP) is 2.54. The van der Waals surface area contributed by atoms with Crippen molar-refractivity contribution in [2.45, 2.75) is 51.1 Å². The molecule has 3 atom stereocenters. The average molecular weight is 384 g/mol. The Kier molecular flexibility index (Phi) is 4.89. The molecule has 3 aliphatic rings. The van der Waals surface area contributed by atoms with E-state index < -0.39 is 5.92 Å². The molecular weight excluding hydrogens is 356 g/mol. The van der Waals surface area contributed by atoms with E-state index in [1.165, 1.54) is 20.0 Å². The Morgan fingerprint density at radius 3 is 2.57 bits per heavy atom. The second kappa shape index (κ2) is 7.22. The van der Waals surface area contributed by atoms with Gasteiger partial charge < -0.3 is 14.5 Å². The van der Waals surface area contributed by atoms with E-state index in [2.05, 4.69) is 6.92 Å². The summed E-state index contributed by atoms with van der Waals surface area (Å²) in [6.07, 6.45) is 4.30. The second-order valence-electron chi connectivity index (χ2n) is 8.76. The van der Waals surface area contributed by atoms with E-state index in [1.54, 1.807) is 4.90 Å². The molecule has 1 aromatic carbocycles. The van der Waals surface area contributed by atoms with Gasteiger partial charge in [0.05, 0.1) is 31.7 Å². The molecule has 2 amide bonds. The number of amides is 2. The van der Waals surface area contributed by atoms with Crippen molar-refractivity contribution < 1.29 is 19.1 Å². The van der Waals surface area contributed by atoms with Crippen molar-refractivity contribution in [1.29, 1.82) is 0 Å². The van der Waals surface area contributed by atoms with Crippen molar-refractivity contribution in [3.8, 4) is 0 Å². The molecule has 0 unspecified atom stereocenters. The zero-order chi connectivity index (χ0) is 19.9. The Labute approximate surface area is 165 Å². The van der Waals surface area contributed by atoms with Crippen molar-refractivity contribution >= 4 is 17.8 Å². The van der Waals surface area contributed by atoms with E-state index in [-0.39, 0.29) is 36.4 Å². The Balaban J connectivity index is 1.52. The summed E-state index contributed by atoms with van der Waals surface area (Å²) in [4.78, 5) is 41.7. The summed E-state index contributed by atoms with van der Waals surface area (Å²) in [6.45, 7) is 2.81. The summed E-state index contributed by atoms with van der Waals surface area (Å²) in [7, 11) is 1.39. The van der Waals surface area contributed by atoms with Gasteiger partial charge in [-0.05, 0) is 36.7 Å². The molecule has 3 fully saturated rings. The number of carbonyl (C=O) groups is 3. The van der Waals surface area contributed by atoms with Gasteiger partial charge in [-0.2, -0.15) is 0 Å². The molecule has 0 radical (unpaired) electrons. The van der Waals surface area contributed by atoms with Crippen LogP contribution in [0.15, 0.2) is 30.3 Å². The Bertz CT molecular complexity index is 774. The molecule has 0 aromatic heterocycles. The molecule has 4 rings (SSSR count). The zero-order valence-electron chi connectivity index (χ0n) is 16.6. The highest BCUT2D eigenvalue weighted by molar-refractivity contribution is 5.88. The maximum atomic E-state index is 13.0. The summed E-state index contributed by atoms with van der Waals surface area (Å²) in [6, 6.07) is 9.18. The topological polar surface area (TPSA) is 66.9 Å². The minimum atomic E-state index is -0.401. The summed E-state index contributed by atoms with van der Waals surface area (Å²) < 4.78 is 5.03. The Morgan fingerprint density at radius 2 is 1.93 bits per heavy atom. The number of nitrogens with zero attached hydrogens (tertiary/aromatic N) is 2. The van der Waals surface area contributed by atoms with Gasteiger partial charge in [-0.3, -0.25) is 14.4 Å². The second-order valence-corrected chi connectivity index (χ2v) is 8.76. The first kappa shape index (κ1) is 19.0. The predicted molar refractivity (Wildman–Crippen MR) is 103 cm³/mol. The number of hydrogen-bond donors (Lipinski definition) is 0. The van der Waals surface area contributed by atoms with E-state index >= 15 is 0 Å². The third-order valence-corrected chi connectivity index (χ3v) is 6.69. The summed E-state index contributed by atoms with van der Waals surface area (Å²) in [5, 5.41) is 0. The van der Waals surface area contributed by atoms with Crippen LogP contribution in [0.3, 0.4) is 0 Å². The molecule has 2 heterocycles. The fourth-order valence-corrected chi connectivity index (χ4v) is 4.68. The molecular formula is C22H28N2O4. The van der Waals surface area contributed by atoms with Crippen LogP contribution >= 0.6 is 0 Å². The molecule has 0 bridgehead atoms. The third kappa shape index (κ3) is 3.52. The molecule has 6 nitrogen and oxygen atoms in total. The van der Waals surface area contributed by atoms with Crippen molar-refractivity contribution in [3.05, 3.63) is 35.9 Å². The Hall–Kier alpha value is -2.37. The summed E-state index contributed by atoms with van der Waals surface area (Å²) in [5.74, 6) is -0.723. The third-order valence-electron chi connectivity index (χ3n) is 6.69. The van der Waals surface area contributed by atoms with Gasteiger partial charge in [-0.1, -0.05) is 37.3 Å². The highest BCUT2D eigenvalue weighted by atomic mass is 16.5. The number of ether oxygens (including phenoxy) is 1. The van der Waals surface area contributed by atoms with Crippen LogP contribution in [-0.2, 0) is 19.1 Å². The van der Waals surface area contributed by atoms with Crippen LogP contribution in [0, 0.1) is 11.3 Å². The molecule has 2 saturated heterocycles. The highest BCUT2D eigenvalue weighted by Gasteiger charge is 2.51. The van der Waals surface area contributed by atoms with Gasteiger partial charge in [0.1, 0.15) is 0 Å². The Morgan fingerprint density at radius 1 is 1.21 bits per heavy atom. The van der Waals surface area contributed by atoms with Crippen LogP contribution in [0.4, 0.5) is 0 Å². The molecule has 150 valence electrons. The summed E-state index contributed by atoms with van der Waals surface area (Å²) in [5.41, 5.74) is 1.26. The van der Waals surface area contributed by atoms with Gasteiger partial charge in [0.25, 0.3) is 0 Å². The first-order valence-electron chi connectivity index (χ1n) is 10.1. The molecule has 0 N–H and O–H groups in total. The van der Waals surface area contributed by atoms with Crippen LogP contribution in [-0.4, -0.2) is 53.8 Å². The molecule has 1 aromatic rings. The van der Waals surface area contributed by atoms with Crippen LogP contribution in [0.25, 0.3) is 0 Å². The van der Waals surface area contributed by atoms with Gasteiger partial charge in [0.2, 0.25) is 11.8 Å². The van der Waals surface area contributed by atoms with E-state index in [0.717, 1.165) is 12.0 Å². The van der Waals surface area contributed by atoms with Crippen molar-refractivity contribution in [1.82, 2.24) is 9.80 Å². The van der Waals surface area contributed by atoms with Crippen molar-refractivity contribution in [3.63, 3.8) is 0 Å². The van der Waals surface area contributed by atoms with E-state index in [0.29, 0.717) is 24.8 Å². The lowest BCUT2D eigenvalue weighted by Gasteiger charge is -2.40. The minimum Gasteiger partial charge on any atom is -0.469 e. The van der Waals surface area contributed by atoms with Gasteiger partial charge in [-0.15, -0.1) is 0 Å². The zero-order valence-corrected chi connectivity index (χ0v) is 16.6. The number of rotatable bonds is 5. The van der Waals surface area contributed by atoms with Crippen LogP contribution in [0.5, 0.6) is 0 Å². The molecule has 1 saturated carbocycles. The molecule has 28 heavy (non-hydrogen) atoms. The van der Waals surface area contributed by atoms with E-state index in [1.807, 2.05) is 35.2 Å². The first-order chi connectivity index (χ1) is 13.4. The van der Waals surface area contributed by atoms with Crippen LogP contribution in [0.2, 0.25) is 0 Å². The highest BCUT2D eigenvalue weighted by Crippen LogP contribution is 2.49. The lowest BCUT2D eigenvalue weighted by atomic mass is 9.93. The first-order valence-corrected chi connectivity index (χ1v) is 10.1. The minimum absolute atomic E-state index is 0.0545. The SMILES string of the molecule is COC(=O)[C@H]1C[C@H]2CN(C(=O)CCC3(C)CC3)CC(=O)N2[C@H]1c1ccccc1. The fourth-order valence-electron chi connectivity index (χ4n) is 4.68. The smallest absolute Gasteiger partial charge is 0.311 e. The summed E-state index contributed by atoms with van der Waals surface area (Å²) >= 11 is 0. The average Bonchev–Trinajstić information content (AvgIpc) is 3.31. The monoisotopic (exact) mass is 384 g/mol. The standard InChI is InChI=1S/C22H28N2O4/c1-22(10-11-22)9-8-18(25)23-13-16-12-17(21(27)28-2)20(24(16)19(26)14-23)15-6-4-3-5-7-15/h3-7,16-17,20H,8-14H2,1-2H3/t16-,17-,20-/m0/s1. The van der Waals surface area contributed by atoms with Crippen LogP contribution in [0.1, 0.15) is 50.6 Å². The van der Waals surface area contributed by atoms with Gasteiger partial charge in [0.15, 0.2) is 0 Å². The number of hydrogen-bond acceptors (Lipinski definition) is 4.